The van der Waals surface area contributed by atoms with Crippen LogP contribution in [0, 0.1) is 11.8 Å². The third-order valence-electron chi connectivity index (χ3n) is 2.09. The van der Waals surface area contributed by atoms with Crippen LogP contribution in [-0.2, 0) is 0 Å². The van der Waals surface area contributed by atoms with Crippen LogP contribution in [-0.4, -0.2) is 10.7 Å². The number of rotatable bonds is 3. The summed E-state index contributed by atoms with van der Waals surface area (Å²) in [5, 5.41) is 9.89. The fraction of sp³-hybridized carbons (Fsp3) is 0.286. The van der Waals surface area contributed by atoms with Crippen molar-refractivity contribution in [3.05, 3.63) is 48.6 Å². The summed E-state index contributed by atoms with van der Waals surface area (Å²) in [5.41, 5.74) is 0.000646. The van der Waals surface area contributed by atoms with Gasteiger partial charge in [0, 0.05) is 5.56 Å². The van der Waals surface area contributed by atoms with E-state index in [1.807, 2.05) is 30.3 Å². The molecule has 0 fully saturated rings. The highest BCUT2D eigenvalue weighted by Gasteiger charge is 2.14. The molecule has 0 spiro atoms. The summed E-state index contributed by atoms with van der Waals surface area (Å²) in [6, 6.07) is 9.67. The molecule has 1 aromatic rings. The van der Waals surface area contributed by atoms with E-state index in [4.69, 9.17) is 0 Å². The van der Waals surface area contributed by atoms with Crippen LogP contribution in [0.2, 0.25) is 0 Å². The second kappa shape index (κ2) is 5.38. The van der Waals surface area contributed by atoms with Crippen molar-refractivity contribution < 1.29 is 5.11 Å². The van der Waals surface area contributed by atoms with Crippen LogP contribution in [0.4, 0.5) is 0 Å². The first-order valence-electron chi connectivity index (χ1n) is 5.05. The van der Waals surface area contributed by atoms with Gasteiger partial charge in [-0.15, -0.1) is 6.58 Å². The van der Waals surface area contributed by atoms with E-state index in [1.54, 1.807) is 13.0 Å². The summed E-state index contributed by atoms with van der Waals surface area (Å²) in [5.74, 6) is 5.83. The van der Waals surface area contributed by atoms with E-state index in [1.165, 1.54) is 0 Å². The Hall–Kier alpha value is -1.52. The lowest BCUT2D eigenvalue weighted by Crippen LogP contribution is -2.20. The molecule has 1 heteroatoms. The molecule has 0 saturated carbocycles. The molecule has 1 aromatic carbocycles. The fourth-order valence-electron chi connectivity index (χ4n) is 1.17. The van der Waals surface area contributed by atoms with Gasteiger partial charge in [-0.05, 0) is 31.9 Å². The highest BCUT2D eigenvalue weighted by atomic mass is 16.3. The van der Waals surface area contributed by atoms with Crippen LogP contribution < -0.4 is 0 Å². The Morgan fingerprint density at radius 2 is 2.07 bits per heavy atom. The van der Waals surface area contributed by atoms with Crippen LogP contribution in [0.25, 0.3) is 0 Å². The molecule has 1 rings (SSSR count). The first-order valence-corrected chi connectivity index (χ1v) is 5.05. The van der Waals surface area contributed by atoms with E-state index in [9.17, 15) is 5.11 Å². The monoisotopic (exact) mass is 200 g/mol. The third-order valence-corrected chi connectivity index (χ3v) is 2.09. The van der Waals surface area contributed by atoms with Crippen molar-refractivity contribution in [2.24, 2.45) is 0 Å². The van der Waals surface area contributed by atoms with Crippen LogP contribution in [0.3, 0.4) is 0 Å². The van der Waals surface area contributed by atoms with Gasteiger partial charge in [0.15, 0.2) is 0 Å². The molecule has 15 heavy (non-hydrogen) atoms. The Kier molecular flexibility index (Phi) is 4.15. The van der Waals surface area contributed by atoms with Gasteiger partial charge in [0.25, 0.3) is 0 Å². The average Bonchev–Trinajstić information content (AvgIpc) is 2.25. The zero-order chi connectivity index (χ0) is 11.1. The number of hydrogen-bond donors (Lipinski definition) is 1. The van der Waals surface area contributed by atoms with Crippen molar-refractivity contribution >= 4 is 0 Å². The Morgan fingerprint density at radius 3 is 2.67 bits per heavy atom. The largest absolute Gasteiger partial charge is 0.378 e. The molecule has 0 aliphatic rings. The number of aliphatic hydroxyl groups is 1. The highest BCUT2D eigenvalue weighted by Crippen LogP contribution is 2.11. The lowest BCUT2D eigenvalue weighted by atomic mass is 10.0. The Balaban J connectivity index is 2.68. The minimum absolute atomic E-state index is 0.621. The summed E-state index contributed by atoms with van der Waals surface area (Å²) in [6.45, 7) is 5.35. The quantitative estimate of drug-likeness (QED) is 0.587. The molecule has 0 aliphatic heterocycles. The lowest BCUT2D eigenvalue weighted by molar-refractivity contribution is 0.113. The minimum Gasteiger partial charge on any atom is -0.378 e. The van der Waals surface area contributed by atoms with Crippen molar-refractivity contribution in [3.8, 4) is 11.8 Å². The van der Waals surface area contributed by atoms with Gasteiger partial charge in [0.05, 0.1) is 0 Å². The third kappa shape index (κ3) is 4.49. The zero-order valence-electron chi connectivity index (χ0n) is 9.03. The second-order valence-electron chi connectivity index (χ2n) is 3.72. The maximum Gasteiger partial charge on any atom is 0.123 e. The lowest BCUT2D eigenvalue weighted by Gasteiger charge is -2.14. The van der Waals surface area contributed by atoms with Crippen LogP contribution in [0.15, 0.2) is 43.0 Å². The summed E-state index contributed by atoms with van der Waals surface area (Å²) in [4.78, 5) is 0. The SMILES string of the molecule is C=CCCC(C)(O)C#Cc1ccccc1. The summed E-state index contributed by atoms with van der Waals surface area (Å²) >= 11 is 0. The summed E-state index contributed by atoms with van der Waals surface area (Å²) in [7, 11) is 0. The fourth-order valence-corrected chi connectivity index (χ4v) is 1.17. The Morgan fingerprint density at radius 1 is 1.40 bits per heavy atom. The molecule has 1 unspecified atom stereocenters. The van der Waals surface area contributed by atoms with Crippen molar-refractivity contribution in [2.75, 3.05) is 0 Å². The Labute approximate surface area is 91.5 Å². The van der Waals surface area contributed by atoms with E-state index in [0.717, 1.165) is 12.0 Å². The Bertz CT molecular complexity index is 365. The number of benzene rings is 1. The summed E-state index contributed by atoms with van der Waals surface area (Å²) in [6.07, 6.45) is 3.19. The normalized spacial score (nSPS) is 13.5. The molecule has 1 atom stereocenters. The van der Waals surface area contributed by atoms with Gasteiger partial charge in [-0.1, -0.05) is 36.1 Å². The second-order valence-corrected chi connectivity index (χ2v) is 3.72. The smallest absolute Gasteiger partial charge is 0.123 e. The van der Waals surface area contributed by atoms with Gasteiger partial charge >= 0.3 is 0 Å². The molecule has 0 aliphatic carbocycles. The van der Waals surface area contributed by atoms with Crippen LogP contribution >= 0.6 is 0 Å². The van der Waals surface area contributed by atoms with Crippen LogP contribution in [0.1, 0.15) is 25.3 Å². The first-order chi connectivity index (χ1) is 7.14. The maximum absolute atomic E-state index is 9.89. The molecule has 0 heterocycles. The molecule has 1 N–H and O–H groups in total. The summed E-state index contributed by atoms with van der Waals surface area (Å²) < 4.78 is 0. The van der Waals surface area contributed by atoms with Gasteiger partial charge in [-0.3, -0.25) is 0 Å². The minimum atomic E-state index is -0.927. The molecule has 0 saturated heterocycles. The van der Waals surface area contributed by atoms with Crippen molar-refractivity contribution in [1.82, 2.24) is 0 Å². The average molecular weight is 200 g/mol. The molecule has 78 valence electrons. The van der Waals surface area contributed by atoms with E-state index in [0.29, 0.717) is 6.42 Å². The first kappa shape index (κ1) is 11.6. The molecule has 0 amide bonds. The van der Waals surface area contributed by atoms with Crippen LogP contribution in [0.5, 0.6) is 0 Å². The van der Waals surface area contributed by atoms with Gasteiger partial charge in [0.2, 0.25) is 0 Å². The number of allylic oxidation sites excluding steroid dienone is 1. The van der Waals surface area contributed by atoms with Gasteiger partial charge in [0.1, 0.15) is 5.60 Å². The van der Waals surface area contributed by atoms with E-state index in [2.05, 4.69) is 18.4 Å². The maximum atomic E-state index is 9.89. The molecule has 0 radical (unpaired) electrons. The van der Waals surface area contributed by atoms with Crippen molar-refractivity contribution in [3.63, 3.8) is 0 Å². The van der Waals surface area contributed by atoms with Gasteiger partial charge < -0.3 is 5.11 Å². The predicted octanol–water partition coefficient (Wildman–Crippen LogP) is 2.76. The molecular weight excluding hydrogens is 184 g/mol. The standard InChI is InChI=1S/C14H16O/c1-3-4-11-14(2,15)12-10-13-8-6-5-7-9-13/h3,5-9,15H,1,4,11H2,2H3. The van der Waals surface area contributed by atoms with E-state index >= 15 is 0 Å². The van der Waals surface area contributed by atoms with Gasteiger partial charge in [-0.25, -0.2) is 0 Å². The van der Waals surface area contributed by atoms with E-state index in [-0.39, 0.29) is 0 Å². The highest BCUT2D eigenvalue weighted by molar-refractivity contribution is 5.35. The molecular formula is C14H16O. The molecule has 0 aromatic heterocycles. The molecule has 0 bridgehead atoms. The zero-order valence-corrected chi connectivity index (χ0v) is 9.03. The van der Waals surface area contributed by atoms with Gasteiger partial charge in [-0.2, -0.15) is 0 Å². The number of hydrogen-bond acceptors (Lipinski definition) is 1. The van der Waals surface area contributed by atoms with Crippen molar-refractivity contribution in [2.45, 2.75) is 25.4 Å². The molecule has 1 nitrogen and oxygen atoms in total. The van der Waals surface area contributed by atoms with Crippen molar-refractivity contribution in [1.29, 1.82) is 0 Å². The van der Waals surface area contributed by atoms with E-state index < -0.39 is 5.60 Å². The predicted molar refractivity (Wildman–Crippen MR) is 63.4 cm³/mol. The topological polar surface area (TPSA) is 20.2 Å².